The van der Waals surface area contributed by atoms with Crippen LogP contribution in [-0.4, -0.2) is 42.4 Å². The second kappa shape index (κ2) is 8.78. The van der Waals surface area contributed by atoms with Crippen LogP contribution in [0.5, 0.6) is 0 Å². The van der Waals surface area contributed by atoms with Gasteiger partial charge in [-0.1, -0.05) is 42.5 Å². The van der Waals surface area contributed by atoms with Crippen LogP contribution in [0.25, 0.3) is 0 Å². The Morgan fingerprint density at radius 2 is 1.73 bits per heavy atom. The van der Waals surface area contributed by atoms with Gasteiger partial charge in [0, 0.05) is 37.9 Å². The zero-order valence-corrected chi connectivity index (χ0v) is 15.8. The minimum Gasteiger partial charge on any atom is -0.375 e. The predicted molar refractivity (Wildman–Crippen MR) is 113 cm³/mol. The first kappa shape index (κ1) is 18.4. The summed E-state index contributed by atoms with van der Waals surface area (Å²) in [5, 5.41) is 4.15. The number of nitrogens with two attached hydrogens (primary N) is 1. The number of hydrogen-bond acceptors (Lipinski definition) is 4. The number of anilines is 1. The number of nitrogens with zero attached hydrogens (tertiary/aromatic N) is 3. The van der Waals surface area contributed by atoms with Gasteiger partial charge < -0.3 is 10.6 Å². The van der Waals surface area contributed by atoms with E-state index >= 15 is 0 Å². The number of piperazine rings is 1. The number of hydrazone groups is 1. The summed E-state index contributed by atoms with van der Waals surface area (Å²) in [6, 6.07) is 19.6. The molecule has 1 saturated heterocycles. The summed E-state index contributed by atoms with van der Waals surface area (Å²) in [5.74, 6) is 0. The molecule has 0 aromatic heterocycles. The maximum Gasteiger partial charge on any atom is 0.184 e. The number of hydrogen-bond donors (Lipinski definition) is 2. The van der Waals surface area contributed by atoms with Gasteiger partial charge in [0.25, 0.3) is 0 Å². The lowest BCUT2D eigenvalue weighted by Gasteiger charge is -2.39. The van der Waals surface area contributed by atoms with Gasteiger partial charge >= 0.3 is 0 Å². The summed E-state index contributed by atoms with van der Waals surface area (Å²) in [5.41, 5.74) is 11.5. The molecule has 26 heavy (non-hydrogen) atoms. The summed E-state index contributed by atoms with van der Waals surface area (Å²) in [7, 11) is 0. The molecule has 1 aliphatic heterocycles. The molecule has 1 fully saturated rings. The van der Waals surface area contributed by atoms with Crippen molar-refractivity contribution in [1.82, 2.24) is 10.3 Å². The Bertz CT molecular complexity index is 737. The van der Waals surface area contributed by atoms with Crippen molar-refractivity contribution in [3.05, 3.63) is 65.7 Å². The van der Waals surface area contributed by atoms with Gasteiger partial charge in [-0.3, -0.25) is 10.3 Å². The third kappa shape index (κ3) is 4.80. The highest BCUT2D eigenvalue weighted by atomic mass is 32.1. The molecule has 1 unspecified atom stereocenters. The summed E-state index contributed by atoms with van der Waals surface area (Å²) in [6.45, 7) is 6.50. The van der Waals surface area contributed by atoms with Crippen LogP contribution in [-0.2, 0) is 0 Å². The third-order valence-electron chi connectivity index (χ3n) is 4.79. The lowest BCUT2D eigenvalue weighted by Crippen LogP contribution is -2.47. The van der Waals surface area contributed by atoms with Crippen molar-refractivity contribution in [2.75, 3.05) is 31.1 Å². The van der Waals surface area contributed by atoms with Crippen LogP contribution in [0, 0.1) is 0 Å². The van der Waals surface area contributed by atoms with Crippen molar-refractivity contribution in [3.8, 4) is 0 Å². The van der Waals surface area contributed by atoms with Crippen molar-refractivity contribution < 1.29 is 0 Å². The largest absolute Gasteiger partial charge is 0.375 e. The van der Waals surface area contributed by atoms with E-state index in [0.717, 1.165) is 31.7 Å². The maximum absolute atomic E-state index is 5.34. The lowest BCUT2D eigenvalue weighted by molar-refractivity contribution is 0.198. The average Bonchev–Trinajstić information content (AvgIpc) is 2.68. The first-order chi connectivity index (χ1) is 12.6. The van der Waals surface area contributed by atoms with E-state index in [4.69, 9.17) is 18.0 Å². The Hall–Kier alpha value is -2.44. The Morgan fingerprint density at radius 3 is 2.35 bits per heavy atom. The van der Waals surface area contributed by atoms with Crippen molar-refractivity contribution in [2.45, 2.75) is 13.0 Å². The predicted octanol–water partition coefficient (Wildman–Crippen LogP) is 2.74. The smallest absolute Gasteiger partial charge is 0.184 e. The molecule has 2 aromatic rings. The van der Waals surface area contributed by atoms with Crippen molar-refractivity contribution in [2.24, 2.45) is 10.8 Å². The molecule has 1 aliphatic rings. The van der Waals surface area contributed by atoms with Gasteiger partial charge in [-0.15, -0.1) is 0 Å². The first-order valence-electron chi connectivity index (χ1n) is 8.86. The van der Waals surface area contributed by atoms with Gasteiger partial charge in [-0.25, -0.2) is 0 Å². The van der Waals surface area contributed by atoms with E-state index in [1.54, 1.807) is 6.21 Å². The van der Waals surface area contributed by atoms with Crippen LogP contribution in [0.3, 0.4) is 0 Å². The molecule has 6 heteroatoms. The molecule has 2 aromatic carbocycles. The highest BCUT2D eigenvalue weighted by Gasteiger charge is 2.22. The third-order valence-corrected chi connectivity index (χ3v) is 4.88. The van der Waals surface area contributed by atoms with E-state index < -0.39 is 0 Å². The van der Waals surface area contributed by atoms with Crippen LogP contribution in [0.1, 0.15) is 24.1 Å². The van der Waals surface area contributed by atoms with Crippen molar-refractivity contribution in [1.29, 1.82) is 0 Å². The summed E-state index contributed by atoms with van der Waals surface area (Å²) >= 11 is 4.72. The molecule has 3 N–H and O–H groups in total. The van der Waals surface area contributed by atoms with E-state index in [0.29, 0.717) is 6.04 Å². The first-order valence-corrected chi connectivity index (χ1v) is 9.27. The minimum absolute atomic E-state index is 0.167. The topological polar surface area (TPSA) is 56.9 Å². The fourth-order valence-electron chi connectivity index (χ4n) is 3.25. The molecule has 5 nitrogen and oxygen atoms in total. The highest BCUT2D eigenvalue weighted by Crippen LogP contribution is 2.23. The normalized spacial score (nSPS) is 16.6. The molecule has 1 atom stereocenters. The lowest BCUT2D eigenvalue weighted by atomic mass is 10.1. The Kier molecular flexibility index (Phi) is 6.20. The zero-order chi connectivity index (χ0) is 18.4. The van der Waals surface area contributed by atoms with E-state index in [-0.39, 0.29) is 5.11 Å². The SMILES string of the molecule is CC(c1ccccc1)N1CCN(c2ccc(C=NNC(N)=S)cc2)CC1. The number of thiocarbonyl (C=S) groups is 1. The van der Waals surface area contributed by atoms with Gasteiger partial charge in [-0.05, 0) is 42.4 Å². The van der Waals surface area contributed by atoms with Crippen LogP contribution in [0.4, 0.5) is 5.69 Å². The van der Waals surface area contributed by atoms with E-state index in [1.807, 2.05) is 0 Å². The number of nitrogens with one attached hydrogen (secondary N) is 1. The van der Waals surface area contributed by atoms with E-state index in [1.165, 1.54) is 11.3 Å². The highest BCUT2D eigenvalue weighted by molar-refractivity contribution is 7.80. The van der Waals surface area contributed by atoms with Crippen molar-refractivity contribution >= 4 is 29.2 Å². The molecular weight excluding hydrogens is 342 g/mol. The molecule has 0 amide bonds. The molecule has 3 rings (SSSR count). The summed E-state index contributed by atoms with van der Waals surface area (Å²) in [6.07, 6.45) is 1.71. The molecule has 136 valence electrons. The van der Waals surface area contributed by atoms with Crippen molar-refractivity contribution in [3.63, 3.8) is 0 Å². The Balaban J connectivity index is 1.54. The van der Waals surface area contributed by atoms with Gasteiger partial charge in [0.1, 0.15) is 0 Å². The zero-order valence-electron chi connectivity index (χ0n) is 15.0. The molecular formula is C20H25N5S. The average molecular weight is 368 g/mol. The van der Waals surface area contributed by atoms with Crippen LogP contribution in [0.2, 0.25) is 0 Å². The number of benzene rings is 2. The van der Waals surface area contributed by atoms with Gasteiger partial charge in [-0.2, -0.15) is 5.10 Å². The standard InChI is InChI=1S/C20H25N5S/c1-16(18-5-3-2-4-6-18)24-11-13-25(14-12-24)19-9-7-17(8-10-19)15-22-23-20(21)26/h2-10,15-16H,11-14H2,1H3,(H3,21,23,26). The van der Waals surface area contributed by atoms with Crippen LogP contribution in [0.15, 0.2) is 59.7 Å². The Labute approximate surface area is 160 Å². The van der Waals surface area contributed by atoms with Gasteiger partial charge in [0.2, 0.25) is 0 Å². The summed E-state index contributed by atoms with van der Waals surface area (Å²) < 4.78 is 0. The number of rotatable bonds is 5. The second-order valence-electron chi connectivity index (χ2n) is 6.44. The fourth-order valence-corrected chi connectivity index (χ4v) is 3.30. The quantitative estimate of drug-likeness (QED) is 0.483. The van der Waals surface area contributed by atoms with Crippen LogP contribution >= 0.6 is 12.2 Å². The molecule has 0 bridgehead atoms. The van der Waals surface area contributed by atoms with Gasteiger partial charge in [0.05, 0.1) is 6.21 Å². The Morgan fingerprint density at radius 1 is 1.08 bits per heavy atom. The van der Waals surface area contributed by atoms with Gasteiger partial charge in [0.15, 0.2) is 5.11 Å². The molecule has 0 radical (unpaired) electrons. The molecule has 1 heterocycles. The minimum atomic E-state index is 0.167. The van der Waals surface area contributed by atoms with E-state index in [9.17, 15) is 0 Å². The molecule has 0 aliphatic carbocycles. The van der Waals surface area contributed by atoms with Crippen LogP contribution < -0.4 is 16.1 Å². The molecule has 0 saturated carbocycles. The maximum atomic E-state index is 5.34. The summed E-state index contributed by atoms with van der Waals surface area (Å²) in [4.78, 5) is 4.98. The fraction of sp³-hybridized carbons (Fsp3) is 0.300. The monoisotopic (exact) mass is 367 g/mol. The second-order valence-corrected chi connectivity index (χ2v) is 6.88. The van der Waals surface area contributed by atoms with E-state index in [2.05, 4.69) is 81.8 Å². The molecule has 0 spiro atoms.